The largest absolute Gasteiger partial charge is 0.530 e. The van der Waals surface area contributed by atoms with E-state index in [4.69, 9.17) is 79.2 Å². The minimum Gasteiger partial charge on any atom is -0.497 e. The van der Waals surface area contributed by atoms with Crippen LogP contribution in [0.15, 0.2) is 197 Å². The molecule has 36 heteroatoms. The number of aryl methyl sites for hydroxylation is 1. The molecule has 14 rings (SSSR count). The Balaban J connectivity index is 0.938. The molecule has 6 aromatic carbocycles. The number of nitrogens with zero attached hydrogens (tertiary/aromatic N) is 8. The van der Waals surface area contributed by atoms with Crippen LogP contribution in [0.4, 0.5) is 11.8 Å². The van der Waals surface area contributed by atoms with Crippen molar-refractivity contribution in [3.63, 3.8) is 0 Å². The summed E-state index contributed by atoms with van der Waals surface area (Å²) in [5, 5.41) is 16.9. The summed E-state index contributed by atoms with van der Waals surface area (Å²) in [7, 11) is -7.96. The predicted molar refractivity (Wildman–Crippen MR) is 398 cm³/mol. The number of hydrogen-bond donors (Lipinski definition) is 6. The molecule has 3 fully saturated rings. The number of nitrogens with one attached hydrogen (secondary N) is 4. The molecule has 3 aliphatic heterocycles. The van der Waals surface area contributed by atoms with Gasteiger partial charge in [-0.05, 0) is 84.3 Å². The van der Waals surface area contributed by atoms with Gasteiger partial charge < -0.3 is 47.9 Å². The number of rotatable bonds is 28. The van der Waals surface area contributed by atoms with Crippen molar-refractivity contribution < 1.29 is 79.8 Å². The van der Waals surface area contributed by atoms with Gasteiger partial charge in [0.1, 0.15) is 78.0 Å². The van der Waals surface area contributed by atoms with E-state index in [-0.39, 0.29) is 74.0 Å². The van der Waals surface area contributed by atoms with Crippen molar-refractivity contribution in [1.82, 2.24) is 48.6 Å². The van der Waals surface area contributed by atoms with Gasteiger partial charge in [0, 0.05) is 48.4 Å². The van der Waals surface area contributed by atoms with Gasteiger partial charge in [0.25, 0.3) is 17.0 Å². The van der Waals surface area contributed by atoms with Gasteiger partial charge in [-0.2, -0.15) is 4.98 Å². The molecule has 6 N–H and O–H groups in total. The quantitative estimate of drug-likeness (QED) is 0.0196. The van der Waals surface area contributed by atoms with Crippen LogP contribution in [0.1, 0.15) is 84.4 Å². The number of aromatic nitrogens is 10. The van der Waals surface area contributed by atoms with Crippen molar-refractivity contribution in [3.05, 3.63) is 252 Å². The molecule has 11 aromatic rings. The number of carbonyl (C=O) groups excluding carboxylic acids is 2. The van der Waals surface area contributed by atoms with Crippen LogP contribution in [-0.2, 0) is 52.0 Å². The highest BCUT2D eigenvalue weighted by molar-refractivity contribution is 7.49. The van der Waals surface area contributed by atoms with Crippen molar-refractivity contribution in [2.45, 2.75) is 101 Å². The van der Waals surface area contributed by atoms with E-state index in [1.165, 1.54) is 87.3 Å². The minimum atomic E-state index is -5.65. The van der Waals surface area contributed by atoms with Crippen LogP contribution in [0.5, 0.6) is 23.0 Å². The Kier molecular flexibility index (Phi) is 22.5. The smallest absolute Gasteiger partial charge is 0.497 e. The first kappa shape index (κ1) is 76.5. The monoisotopic (exact) mass is 1580 g/mol. The van der Waals surface area contributed by atoms with Gasteiger partial charge in [0.2, 0.25) is 11.9 Å². The van der Waals surface area contributed by atoms with E-state index < -0.39 is 137 Å². The minimum absolute atomic E-state index is 0.0323. The molecule has 12 atom stereocenters. The van der Waals surface area contributed by atoms with Crippen LogP contribution in [0.25, 0.3) is 22.3 Å². The highest BCUT2D eigenvalue weighted by Gasteiger charge is 2.56. The molecule has 572 valence electrons. The first-order valence-corrected chi connectivity index (χ1v) is 38.3. The maximum Gasteiger partial charge on any atom is 0.530 e. The molecule has 3 unspecified atom stereocenters. The zero-order valence-corrected chi connectivity index (χ0v) is 62.5. The molecule has 0 saturated carbocycles. The third kappa shape index (κ3) is 16.2. The normalized spacial score (nSPS) is 21.3. The van der Waals surface area contributed by atoms with Crippen molar-refractivity contribution in [3.8, 4) is 23.0 Å². The number of carbonyl (C=O) groups is 2. The number of ether oxygens (including phenoxy) is 6. The van der Waals surface area contributed by atoms with Crippen LogP contribution in [-0.4, -0.2) is 134 Å². The van der Waals surface area contributed by atoms with E-state index in [9.17, 15) is 34.0 Å². The highest BCUT2D eigenvalue weighted by Crippen LogP contribution is 2.58. The standard InChI is InChI=1S/C74H72Cl2N12O20P2/c1-41(2)68(90)83-72-82-67-62(71(93)84-72)80-40-88(67)60-34-55(107-110(97,106-54-23-15-13-21-51(54)76)101-37-57-52(89)33-59(103-57)86-35-42(3)69(91)85-73(86)94)64(104-60)63(108-109(95,96)105-53-22-14-12-20-50(53)75)49-32-58(87-39-79-61-65(77-38-78-66(61)87)81-70(92)43-16-8-6-9-17-43)102-56(49)36-100-74(44-18-10-7-11-19-44,45-24-28-47(98-4)29-25-45)46-26-30-48(99-5)31-27-46/h6-31,35,38-41,49,52,55-60,63-64,89H,32-34,36-37H2,1-5H3,(H,95,96)(H,85,91,94)(H,77,78,81,92)(H2,82,83,84,90,93)/t49-,52-,55-,56-,57+,58+,59+,60+,63?,64+,110?/m0/s1. The second-order valence-corrected chi connectivity index (χ2v) is 30.0. The van der Waals surface area contributed by atoms with E-state index in [2.05, 4.69) is 40.5 Å². The molecule has 0 bridgehead atoms. The number of aromatic amines is 2. The molecular weight excluding hydrogens is 1510 g/mol. The van der Waals surface area contributed by atoms with Gasteiger partial charge in [-0.15, -0.1) is 0 Å². The van der Waals surface area contributed by atoms with Crippen LogP contribution in [0.3, 0.4) is 0 Å². The number of halogens is 2. The van der Waals surface area contributed by atoms with Crippen molar-refractivity contribution >= 4 is 84.8 Å². The molecule has 2 amide bonds. The molecule has 8 heterocycles. The van der Waals surface area contributed by atoms with Crippen molar-refractivity contribution in [1.29, 1.82) is 0 Å². The van der Waals surface area contributed by atoms with Crippen molar-refractivity contribution in [2.24, 2.45) is 11.8 Å². The Morgan fingerprint density at radius 3 is 1.88 bits per heavy atom. The number of para-hydroxylation sites is 2. The molecule has 32 nitrogen and oxygen atoms in total. The Labute approximate surface area is 635 Å². The second-order valence-electron chi connectivity index (χ2n) is 26.3. The molecule has 5 aromatic heterocycles. The SMILES string of the molecule is COc1ccc(C(OC[C@@H]2O[C@@H](n3cnc4c(NC(=O)c5ccccc5)ncnc43)C[C@@H]2C(OP(=O)(O)Oc2ccccc2Cl)[C@@H]2O[C@@H](n3cnc4c(=O)[nH]c(NC(=O)C(C)C)nc43)C[C@@H]2OP(=O)(OC[C@H]2O[C@@H](n3cc(C)c(=O)[nH]c3=O)C[C@@H]2O)Oc2ccccc2Cl)(c2ccccc2)c2ccc(OC)cc2)cc1. The van der Waals surface area contributed by atoms with Gasteiger partial charge >= 0.3 is 21.3 Å². The molecule has 110 heavy (non-hydrogen) atoms. The molecule has 3 aliphatic rings. The number of phosphoric ester groups is 2. The second kappa shape index (κ2) is 32.3. The summed E-state index contributed by atoms with van der Waals surface area (Å²) in [6.45, 7) is 3.50. The van der Waals surface area contributed by atoms with E-state index >= 15 is 9.13 Å². The number of H-pyrrole nitrogens is 2. The first-order valence-electron chi connectivity index (χ1n) is 34.6. The molecular formula is C74H72Cl2N12O20P2. The third-order valence-corrected chi connectivity index (χ3v) is 21.9. The van der Waals surface area contributed by atoms with Crippen LogP contribution >= 0.6 is 38.8 Å². The fourth-order valence-corrected chi connectivity index (χ4v) is 16.3. The summed E-state index contributed by atoms with van der Waals surface area (Å²) in [6.07, 6.45) is -9.44. The van der Waals surface area contributed by atoms with Crippen LogP contribution in [0, 0.1) is 18.8 Å². The number of benzene rings is 6. The highest BCUT2D eigenvalue weighted by atomic mass is 35.5. The average molecular weight is 1580 g/mol. The summed E-state index contributed by atoms with van der Waals surface area (Å²) in [6, 6.07) is 43.9. The Morgan fingerprint density at radius 2 is 1.24 bits per heavy atom. The van der Waals surface area contributed by atoms with Gasteiger partial charge in [-0.1, -0.05) is 134 Å². The van der Waals surface area contributed by atoms with Crippen LogP contribution in [0.2, 0.25) is 10.0 Å². The number of phosphoric acid groups is 2. The number of fused-ring (bicyclic) bond motifs is 2. The lowest BCUT2D eigenvalue weighted by atomic mass is 9.79. The molecule has 0 radical (unpaired) electrons. The number of aliphatic hydroxyl groups is 1. The Bertz CT molecular complexity index is 5420. The van der Waals surface area contributed by atoms with E-state index in [1.807, 2.05) is 54.6 Å². The lowest BCUT2D eigenvalue weighted by molar-refractivity contribution is -0.123. The van der Waals surface area contributed by atoms with E-state index in [0.717, 1.165) is 4.57 Å². The zero-order valence-electron chi connectivity index (χ0n) is 59.2. The summed E-state index contributed by atoms with van der Waals surface area (Å²) < 4.78 is 108. The average Bonchev–Trinajstić information content (AvgIpc) is 1.50. The van der Waals surface area contributed by atoms with Crippen LogP contribution < -0.4 is 46.0 Å². The number of aliphatic hydroxyl groups excluding tert-OH is 1. The summed E-state index contributed by atoms with van der Waals surface area (Å²) in [4.78, 5) is 107. The molecule has 0 spiro atoms. The third-order valence-electron chi connectivity index (χ3n) is 18.9. The maximum atomic E-state index is 16.4. The Hall–Kier alpha value is -10.3. The van der Waals surface area contributed by atoms with E-state index in [0.29, 0.717) is 33.8 Å². The number of hydrogen-bond acceptors (Lipinski definition) is 24. The van der Waals surface area contributed by atoms with Crippen molar-refractivity contribution in [2.75, 3.05) is 38.1 Å². The molecule has 3 saturated heterocycles. The summed E-state index contributed by atoms with van der Waals surface area (Å²) in [5.41, 5.74) is -1.69. The lowest BCUT2D eigenvalue weighted by Crippen LogP contribution is -2.47. The topological polar surface area (TPSA) is 396 Å². The van der Waals surface area contributed by atoms with Gasteiger partial charge in [0.15, 0.2) is 28.1 Å². The predicted octanol–water partition coefficient (Wildman–Crippen LogP) is 11.0. The van der Waals surface area contributed by atoms with Gasteiger partial charge in [-0.3, -0.25) is 66.6 Å². The first-order chi connectivity index (χ1) is 53.0. The fourth-order valence-electron chi connectivity index (χ4n) is 13.4. The summed E-state index contributed by atoms with van der Waals surface area (Å²) >= 11 is 13.5. The lowest BCUT2D eigenvalue weighted by Gasteiger charge is -2.39. The maximum absolute atomic E-state index is 16.4. The fraction of sp³-hybridized carbons (Fsp3) is 0.297. The number of anilines is 2. The van der Waals surface area contributed by atoms with Gasteiger partial charge in [-0.25, -0.2) is 33.9 Å². The van der Waals surface area contributed by atoms with E-state index in [1.54, 1.807) is 85.1 Å². The Morgan fingerprint density at radius 1 is 0.655 bits per heavy atom. The summed E-state index contributed by atoms with van der Waals surface area (Å²) in [5.74, 6) is -2.66. The number of methoxy groups -OCH3 is 2. The zero-order chi connectivity index (χ0) is 77.2. The number of imidazole rings is 2. The molecule has 0 aliphatic carbocycles. The number of amides is 2. The van der Waals surface area contributed by atoms with Gasteiger partial charge in [0.05, 0.1) is 62.3 Å².